The summed E-state index contributed by atoms with van der Waals surface area (Å²) in [4.78, 5) is 32.0. The molecular weight excluding hydrogens is 300 g/mol. The van der Waals surface area contributed by atoms with Crippen molar-refractivity contribution in [3.8, 4) is 0 Å². The molecule has 2 atom stereocenters. The van der Waals surface area contributed by atoms with Gasteiger partial charge in [-0.3, -0.25) is 4.79 Å². The van der Waals surface area contributed by atoms with E-state index >= 15 is 0 Å². The van der Waals surface area contributed by atoms with Crippen LogP contribution in [0.3, 0.4) is 0 Å². The fraction of sp³-hybridized carbons (Fsp3) is 0.941. The fourth-order valence-electron chi connectivity index (χ4n) is 1.75. The molecule has 0 saturated carbocycles. The molecule has 0 aromatic carbocycles. The molecule has 0 aliphatic rings. The first-order valence-corrected chi connectivity index (χ1v) is 8.26. The minimum Gasteiger partial charge on any atom is -0.481 e. The van der Waals surface area contributed by atoms with E-state index in [1.54, 1.807) is 0 Å². The Hall–Kier alpha value is -0.690. The van der Waals surface area contributed by atoms with E-state index in [4.69, 9.17) is 24.7 Å². The zero-order valence-corrected chi connectivity index (χ0v) is 15.7. The molecule has 0 heterocycles. The Morgan fingerprint density at radius 1 is 1.00 bits per heavy atom. The second-order valence-corrected chi connectivity index (χ2v) is 7.99. The smallest absolute Gasteiger partial charge is 0.303 e. The van der Waals surface area contributed by atoms with Crippen LogP contribution >= 0.6 is 0 Å². The molecule has 0 radical (unpaired) electrons. The molecule has 6 nitrogen and oxygen atoms in total. The van der Waals surface area contributed by atoms with E-state index in [1.165, 1.54) is 0 Å². The molecule has 0 rings (SSSR count). The van der Waals surface area contributed by atoms with E-state index in [1.807, 2.05) is 48.5 Å². The Labute approximate surface area is 140 Å². The van der Waals surface area contributed by atoms with Gasteiger partial charge in [0.25, 0.3) is 0 Å². The molecule has 0 aromatic heterocycles. The quantitative estimate of drug-likeness (QED) is 0.348. The summed E-state index contributed by atoms with van der Waals surface area (Å²) in [6.07, 6.45) is 1.94. The highest BCUT2D eigenvalue weighted by Gasteiger charge is 2.20. The van der Waals surface area contributed by atoms with Gasteiger partial charge in [-0.15, -0.1) is 0 Å². The molecule has 0 saturated heterocycles. The van der Waals surface area contributed by atoms with Crippen LogP contribution in [0.4, 0.5) is 0 Å². The highest BCUT2D eigenvalue weighted by molar-refractivity contribution is 5.66. The lowest BCUT2D eigenvalue weighted by molar-refractivity contribution is -0.386. The van der Waals surface area contributed by atoms with Gasteiger partial charge < -0.3 is 5.11 Å². The molecule has 23 heavy (non-hydrogen) atoms. The second kappa shape index (κ2) is 10.2. The lowest BCUT2D eigenvalue weighted by Gasteiger charge is -2.25. The van der Waals surface area contributed by atoms with Gasteiger partial charge in [0, 0.05) is 12.8 Å². The van der Waals surface area contributed by atoms with Gasteiger partial charge in [-0.1, -0.05) is 6.92 Å². The summed E-state index contributed by atoms with van der Waals surface area (Å²) in [6.45, 7) is 13.9. The summed E-state index contributed by atoms with van der Waals surface area (Å²) in [5.74, 6) is -0.551. The van der Waals surface area contributed by atoms with Gasteiger partial charge in [-0.2, -0.15) is 0 Å². The molecule has 0 spiro atoms. The van der Waals surface area contributed by atoms with E-state index in [0.29, 0.717) is 25.9 Å². The average Bonchev–Trinajstić information content (AvgIpc) is 2.36. The summed E-state index contributed by atoms with van der Waals surface area (Å²) < 4.78 is 0. The summed E-state index contributed by atoms with van der Waals surface area (Å²) in [6, 6.07) is 0. The number of hydrogen-bond donors (Lipinski definition) is 1. The maximum Gasteiger partial charge on any atom is 0.303 e. The number of aliphatic carboxylic acids is 1. The maximum atomic E-state index is 10.7. The Balaban J connectivity index is 4.30. The number of carbonyl (C=O) groups is 1. The monoisotopic (exact) mass is 334 g/mol. The topological polar surface area (TPSA) is 74.2 Å². The van der Waals surface area contributed by atoms with Crippen LogP contribution in [-0.2, 0) is 24.3 Å². The number of rotatable bonds is 11. The first-order valence-electron chi connectivity index (χ1n) is 8.26. The molecule has 0 aromatic rings. The van der Waals surface area contributed by atoms with Gasteiger partial charge in [0.1, 0.15) is 0 Å². The van der Waals surface area contributed by atoms with Crippen LogP contribution in [-0.4, -0.2) is 35.0 Å². The molecular formula is C17H34O6. The Morgan fingerprint density at radius 2 is 1.57 bits per heavy atom. The van der Waals surface area contributed by atoms with Crippen LogP contribution in [0, 0.1) is 5.92 Å². The zero-order chi connectivity index (χ0) is 18.1. The molecule has 138 valence electrons. The Bertz CT molecular complexity index is 329. The lowest BCUT2D eigenvalue weighted by atomic mass is 9.97. The third-order valence-electron chi connectivity index (χ3n) is 2.78. The van der Waals surface area contributed by atoms with Gasteiger partial charge in [0.15, 0.2) is 0 Å². The SMILES string of the molecule is CC(CCC(=O)O)CC(CCOOC(C)(C)C)OOC(C)(C)C. The van der Waals surface area contributed by atoms with Crippen molar-refractivity contribution in [2.24, 2.45) is 5.92 Å². The predicted molar refractivity (Wildman–Crippen MR) is 87.8 cm³/mol. The molecule has 0 fully saturated rings. The van der Waals surface area contributed by atoms with E-state index in [0.717, 1.165) is 0 Å². The summed E-state index contributed by atoms with van der Waals surface area (Å²) >= 11 is 0. The number of hydrogen-bond acceptors (Lipinski definition) is 5. The predicted octanol–water partition coefficient (Wildman–Crippen LogP) is 4.13. The average molecular weight is 334 g/mol. The lowest BCUT2D eigenvalue weighted by Crippen LogP contribution is -2.27. The molecule has 0 aliphatic carbocycles. The van der Waals surface area contributed by atoms with Crippen molar-refractivity contribution < 1.29 is 29.5 Å². The van der Waals surface area contributed by atoms with E-state index in [2.05, 4.69) is 0 Å². The van der Waals surface area contributed by atoms with Crippen LogP contribution < -0.4 is 0 Å². The minimum atomic E-state index is -0.776. The fourth-order valence-corrected chi connectivity index (χ4v) is 1.75. The first kappa shape index (κ1) is 22.3. The van der Waals surface area contributed by atoms with Gasteiger partial charge in [-0.05, 0) is 60.3 Å². The van der Waals surface area contributed by atoms with Crippen molar-refractivity contribution in [2.45, 2.75) is 91.5 Å². The van der Waals surface area contributed by atoms with Gasteiger partial charge in [-0.25, -0.2) is 19.6 Å². The van der Waals surface area contributed by atoms with Crippen molar-refractivity contribution in [1.29, 1.82) is 0 Å². The maximum absolute atomic E-state index is 10.7. The van der Waals surface area contributed by atoms with Crippen LogP contribution in [0.5, 0.6) is 0 Å². The third-order valence-corrected chi connectivity index (χ3v) is 2.78. The first-order chi connectivity index (χ1) is 10.4. The molecule has 0 bridgehead atoms. The van der Waals surface area contributed by atoms with Crippen molar-refractivity contribution in [1.82, 2.24) is 0 Å². The normalized spacial score (nSPS) is 15.4. The van der Waals surface area contributed by atoms with E-state index in [9.17, 15) is 4.79 Å². The summed E-state index contributed by atoms with van der Waals surface area (Å²) in [7, 11) is 0. The third kappa shape index (κ3) is 16.0. The largest absolute Gasteiger partial charge is 0.481 e. The minimum absolute atomic E-state index is 0.164. The number of carboxylic acids is 1. The molecule has 0 amide bonds. The van der Waals surface area contributed by atoms with Crippen LogP contribution in [0.2, 0.25) is 0 Å². The van der Waals surface area contributed by atoms with Crippen LogP contribution in [0.25, 0.3) is 0 Å². The summed E-state index contributed by atoms with van der Waals surface area (Å²) in [5, 5.41) is 8.76. The highest BCUT2D eigenvalue weighted by Crippen LogP contribution is 2.20. The van der Waals surface area contributed by atoms with Crippen molar-refractivity contribution >= 4 is 5.97 Å². The standard InChI is InChI=1S/C17H34O6/c1-13(8-9-15(18)19)12-14(21-23-17(5,6)7)10-11-20-22-16(2,3)4/h13-14H,8-12H2,1-7H3,(H,18,19). The molecule has 0 aliphatic heterocycles. The van der Waals surface area contributed by atoms with Crippen molar-refractivity contribution in [3.05, 3.63) is 0 Å². The van der Waals surface area contributed by atoms with E-state index in [-0.39, 0.29) is 24.0 Å². The van der Waals surface area contributed by atoms with Crippen LogP contribution in [0.1, 0.15) is 74.1 Å². The summed E-state index contributed by atoms with van der Waals surface area (Å²) in [5.41, 5.74) is -0.752. The van der Waals surface area contributed by atoms with E-state index < -0.39 is 11.6 Å². The van der Waals surface area contributed by atoms with Gasteiger partial charge in [0.05, 0.1) is 23.9 Å². The van der Waals surface area contributed by atoms with Crippen molar-refractivity contribution in [3.63, 3.8) is 0 Å². The highest BCUT2D eigenvalue weighted by atomic mass is 17.2. The second-order valence-electron chi connectivity index (χ2n) is 7.99. The Morgan fingerprint density at radius 3 is 2.04 bits per heavy atom. The molecule has 1 N–H and O–H groups in total. The van der Waals surface area contributed by atoms with Crippen LogP contribution in [0.15, 0.2) is 0 Å². The molecule has 2 unspecified atom stereocenters. The van der Waals surface area contributed by atoms with Crippen molar-refractivity contribution in [2.75, 3.05) is 6.61 Å². The molecule has 6 heteroatoms. The van der Waals surface area contributed by atoms with Gasteiger partial charge in [0.2, 0.25) is 0 Å². The zero-order valence-electron chi connectivity index (χ0n) is 15.7. The van der Waals surface area contributed by atoms with Gasteiger partial charge >= 0.3 is 5.97 Å². The number of carboxylic acid groups (broad SMARTS) is 1. The Kier molecular flexibility index (Phi) is 9.93.